The average Bonchev–Trinajstić information content (AvgIpc) is 2.83. The Labute approximate surface area is 225 Å². The predicted octanol–water partition coefficient (Wildman–Crippen LogP) is 10.2. The Morgan fingerprint density at radius 2 is 1.16 bits per heavy atom. The third-order valence-corrected chi connectivity index (χ3v) is 7.60. The van der Waals surface area contributed by atoms with E-state index in [1.807, 2.05) is 0 Å². The van der Waals surface area contributed by atoms with Gasteiger partial charge in [0.1, 0.15) is 0 Å². The average molecular weight is 492 g/mol. The summed E-state index contributed by atoms with van der Waals surface area (Å²) in [6.45, 7) is 20.8. The van der Waals surface area contributed by atoms with Crippen molar-refractivity contribution in [1.82, 2.24) is 0 Å². The molecule has 0 radical (unpaired) electrons. The molecule has 3 aromatic rings. The molecule has 0 aromatic heterocycles. The summed E-state index contributed by atoms with van der Waals surface area (Å²) < 4.78 is 0. The second kappa shape index (κ2) is 9.67. The Kier molecular flexibility index (Phi) is 7.06. The molecule has 0 saturated heterocycles. The summed E-state index contributed by atoms with van der Waals surface area (Å²) in [4.78, 5) is 0. The van der Waals surface area contributed by atoms with Gasteiger partial charge in [0.05, 0.1) is 5.54 Å². The second-order valence-corrected chi connectivity index (χ2v) is 13.8. The van der Waals surface area contributed by atoms with E-state index in [1.165, 1.54) is 33.4 Å². The van der Waals surface area contributed by atoms with Crippen LogP contribution in [0.25, 0.3) is 11.1 Å². The molecule has 0 aliphatic heterocycles. The van der Waals surface area contributed by atoms with Crippen LogP contribution in [-0.4, -0.2) is 0 Å². The van der Waals surface area contributed by atoms with E-state index in [-0.39, 0.29) is 21.8 Å². The van der Waals surface area contributed by atoms with Crippen LogP contribution in [-0.2, 0) is 16.4 Å². The molecule has 3 aromatic carbocycles. The van der Waals surface area contributed by atoms with E-state index in [1.54, 1.807) is 0 Å². The standard InChI is InChI=1S/C36H45N/c1-33(2,3)28-19-21-36(22-20-28,31-24-29(34(4,5)6)23-30(25-31)35(7,8)9)37-32-17-15-27(16-18-32)26-13-11-10-12-14-26/h10-21,23-25,37H,22H2,1-9H3. The highest BCUT2D eigenvalue weighted by Gasteiger charge is 2.34. The highest BCUT2D eigenvalue weighted by Crippen LogP contribution is 2.42. The lowest BCUT2D eigenvalue weighted by Crippen LogP contribution is -2.36. The normalized spacial score (nSPS) is 18.5. The van der Waals surface area contributed by atoms with Gasteiger partial charge in [-0.05, 0) is 68.2 Å². The maximum Gasteiger partial charge on any atom is 0.0847 e. The fourth-order valence-electron chi connectivity index (χ4n) is 4.96. The summed E-state index contributed by atoms with van der Waals surface area (Å²) in [5.74, 6) is 0. The highest BCUT2D eigenvalue weighted by atomic mass is 15.0. The van der Waals surface area contributed by atoms with Crippen LogP contribution in [0.2, 0.25) is 0 Å². The largest absolute Gasteiger partial charge is 0.372 e. The smallest absolute Gasteiger partial charge is 0.0847 e. The van der Waals surface area contributed by atoms with Crippen LogP contribution >= 0.6 is 0 Å². The fraction of sp³-hybridized carbons (Fsp3) is 0.389. The number of rotatable bonds is 4. The van der Waals surface area contributed by atoms with Crippen molar-refractivity contribution in [2.45, 2.75) is 85.1 Å². The molecule has 1 atom stereocenters. The number of allylic oxidation sites excluding steroid dienone is 2. The maximum atomic E-state index is 3.99. The van der Waals surface area contributed by atoms with Crippen molar-refractivity contribution in [3.05, 3.63) is 113 Å². The van der Waals surface area contributed by atoms with Crippen molar-refractivity contribution in [1.29, 1.82) is 0 Å². The number of anilines is 1. The fourth-order valence-corrected chi connectivity index (χ4v) is 4.96. The van der Waals surface area contributed by atoms with Gasteiger partial charge in [0.2, 0.25) is 0 Å². The predicted molar refractivity (Wildman–Crippen MR) is 162 cm³/mol. The van der Waals surface area contributed by atoms with E-state index >= 15 is 0 Å². The Bertz CT molecular complexity index is 1250. The molecule has 1 aliphatic carbocycles. The van der Waals surface area contributed by atoms with Gasteiger partial charge in [-0.1, -0.05) is 141 Å². The lowest BCUT2D eigenvalue weighted by atomic mass is 9.73. The Balaban J connectivity index is 1.81. The Morgan fingerprint density at radius 3 is 1.62 bits per heavy atom. The summed E-state index contributed by atoms with van der Waals surface area (Å²) in [6.07, 6.45) is 8.10. The highest BCUT2D eigenvalue weighted by molar-refractivity contribution is 5.67. The van der Waals surface area contributed by atoms with Crippen LogP contribution < -0.4 is 5.32 Å². The van der Waals surface area contributed by atoms with Crippen LogP contribution in [0.3, 0.4) is 0 Å². The van der Waals surface area contributed by atoms with Crippen molar-refractivity contribution in [2.75, 3.05) is 5.32 Å². The van der Waals surface area contributed by atoms with Gasteiger partial charge in [0, 0.05) is 5.69 Å². The van der Waals surface area contributed by atoms with Crippen LogP contribution in [0, 0.1) is 5.41 Å². The van der Waals surface area contributed by atoms with Crippen LogP contribution in [0.4, 0.5) is 5.69 Å². The number of benzene rings is 3. The van der Waals surface area contributed by atoms with Crippen molar-refractivity contribution >= 4 is 5.69 Å². The molecular weight excluding hydrogens is 446 g/mol. The van der Waals surface area contributed by atoms with Crippen molar-refractivity contribution in [3.63, 3.8) is 0 Å². The first-order valence-corrected chi connectivity index (χ1v) is 13.7. The van der Waals surface area contributed by atoms with E-state index in [0.717, 1.165) is 12.1 Å². The van der Waals surface area contributed by atoms with Gasteiger partial charge in [-0.3, -0.25) is 0 Å². The SMILES string of the molecule is CC(C)(C)C1=CCC(Nc2ccc(-c3ccccc3)cc2)(c2cc(C(C)(C)C)cc(C(C)(C)C)c2)C=C1. The molecule has 1 heteroatoms. The Hall–Kier alpha value is -3.06. The molecule has 0 spiro atoms. The molecule has 0 amide bonds. The van der Waals surface area contributed by atoms with Crippen molar-refractivity contribution < 1.29 is 0 Å². The summed E-state index contributed by atoms with van der Waals surface area (Å²) >= 11 is 0. The van der Waals surface area contributed by atoms with Gasteiger partial charge in [-0.2, -0.15) is 0 Å². The summed E-state index contributed by atoms with van der Waals surface area (Å²) in [6, 6.07) is 26.7. The lowest BCUT2D eigenvalue weighted by Gasteiger charge is -2.39. The molecular formula is C36H45N. The number of nitrogens with one attached hydrogen (secondary N) is 1. The van der Waals surface area contributed by atoms with Gasteiger partial charge in [0.25, 0.3) is 0 Å². The van der Waals surface area contributed by atoms with Crippen LogP contribution in [0.15, 0.2) is 96.6 Å². The van der Waals surface area contributed by atoms with Gasteiger partial charge in [0.15, 0.2) is 0 Å². The molecule has 37 heavy (non-hydrogen) atoms. The second-order valence-electron chi connectivity index (χ2n) is 13.8. The van der Waals surface area contributed by atoms with Gasteiger partial charge in [-0.15, -0.1) is 0 Å². The molecule has 0 heterocycles. The molecule has 0 bridgehead atoms. The minimum absolute atomic E-state index is 0.0688. The molecule has 194 valence electrons. The van der Waals surface area contributed by atoms with Gasteiger partial charge in [-0.25, -0.2) is 0 Å². The van der Waals surface area contributed by atoms with Crippen LogP contribution in [0.1, 0.15) is 85.4 Å². The first kappa shape index (κ1) is 27.0. The first-order valence-electron chi connectivity index (χ1n) is 13.7. The summed E-state index contributed by atoms with van der Waals surface area (Å²) in [5.41, 5.74) is 9.06. The summed E-state index contributed by atoms with van der Waals surface area (Å²) in [7, 11) is 0. The van der Waals surface area contributed by atoms with Crippen molar-refractivity contribution in [3.8, 4) is 11.1 Å². The van der Waals surface area contributed by atoms with Gasteiger partial charge < -0.3 is 5.32 Å². The quantitative estimate of drug-likeness (QED) is 0.383. The molecule has 4 rings (SSSR count). The van der Waals surface area contributed by atoms with Crippen LogP contribution in [0.5, 0.6) is 0 Å². The van der Waals surface area contributed by atoms with E-state index in [2.05, 4.69) is 159 Å². The first-order chi connectivity index (χ1) is 17.2. The minimum atomic E-state index is -0.315. The molecule has 0 saturated carbocycles. The summed E-state index contributed by atoms with van der Waals surface area (Å²) in [5, 5.41) is 3.99. The number of hydrogen-bond acceptors (Lipinski definition) is 1. The molecule has 0 fully saturated rings. The maximum absolute atomic E-state index is 3.99. The molecule has 1 unspecified atom stereocenters. The van der Waals surface area contributed by atoms with Gasteiger partial charge >= 0.3 is 0 Å². The molecule has 1 N–H and O–H groups in total. The monoisotopic (exact) mass is 491 g/mol. The van der Waals surface area contributed by atoms with E-state index in [4.69, 9.17) is 0 Å². The van der Waals surface area contributed by atoms with E-state index < -0.39 is 0 Å². The zero-order valence-electron chi connectivity index (χ0n) is 24.4. The number of hydrogen-bond donors (Lipinski definition) is 1. The third kappa shape index (κ3) is 6.09. The zero-order valence-corrected chi connectivity index (χ0v) is 24.4. The lowest BCUT2D eigenvalue weighted by molar-refractivity contribution is 0.498. The van der Waals surface area contributed by atoms with Crippen molar-refractivity contribution in [2.24, 2.45) is 5.41 Å². The molecule has 1 aliphatic rings. The van der Waals surface area contributed by atoms with E-state index in [9.17, 15) is 0 Å². The third-order valence-electron chi connectivity index (χ3n) is 7.60. The molecule has 1 nitrogen and oxygen atoms in total. The Morgan fingerprint density at radius 1 is 0.622 bits per heavy atom. The van der Waals surface area contributed by atoms with E-state index in [0.29, 0.717) is 0 Å². The minimum Gasteiger partial charge on any atom is -0.372 e. The zero-order chi connectivity index (χ0) is 27.1. The topological polar surface area (TPSA) is 12.0 Å².